The Hall–Kier alpha value is -2.40. The van der Waals surface area contributed by atoms with Crippen molar-refractivity contribution in [2.45, 2.75) is 620 Å². The van der Waals surface area contributed by atoms with E-state index in [0.29, 0.717) is 0 Å². The van der Waals surface area contributed by atoms with Crippen LogP contribution in [0.15, 0.2) is 59.3 Å². The van der Waals surface area contributed by atoms with E-state index in [2.05, 4.69) is 194 Å². The molecule has 770 valence electrons. The fourth-order valence-electron chi connectivity index (χ4n) is 21.4. The van der Waals surface area contributed by atoms with Crippen molar-refractivity contribution in [2.24, 2.45) is 0 Å². The topological polar surface area (TPSA) is 0 Å². The number of rotatable bonds is 95. The molecule has 8 heterocycles. The summed E-state index contributed by atoms with van der Waals surface area (Å²) in [6.45, 7) is 18.9. The van der Waals surface area contributed by atoms with Crippen molar-refractivity contribution in [3.63, 3.8) is 0 Å². The van der Waals surface area contributed by atoms with Gasteiger partial charge >= 0.3 is 0 Å². The minimum Gasteiger partial charge on any atom is -0.143 e. The van der Waals surface area contributed by atoms with Crippen molar-refractivity contribution < 1.29 is 0 Å². The summed E-state index contributed by atoms with van der Waals surface area (Å²) in [4.78, 5) is 22.2. The Kier molecular flexibility index (Phi) is 69.8. The lowest BCUT2D eigenvalue weighted by Crippen LogP contribution is -1.88. The summed E-state index contributed by atoms with van der Waals surface area (Å²) >= 11 is 17.4. The van der Waals surface area contributed by atoms with Gasteiger partial charge in [0.1, 0.15) is 0 Å². The molecular weight excluding hydrogens is 1790 g/mol. The van der Waals surface area contributed by atoms with E-state index in [1.807, 2.05) is 11.3 Å². The monoisotopic (exact) mass is 2000 g/mol. The van der Waals surface area contributed by atoms with Crippen LogP contribution in [-0.2, 0) is 51.4 Å². The standard InChI is InChI=1S/C128H210S8/c1-9-17-25-33-41-49-57-65-73-81-89-107-99-115(130-106-107)123-109(91-83-75-67-59-51-43-35-27-19-11-3)101-117(132-123)125-111(93-85-77-69-61-53-45-37-29-21-13-5)103-119(134-125)127-113(95-87-79-71-63-55-47-39-31-23-15-7)105-121(136-127)128-114(96-88-80-72-64-56-48-40-32-24-16-8)104-120(135-128)126-112(94-86-78-70-62-54-46-38-30-22-14-6)102-118(133-126)124-110(92-84-76-68-60-52-44-36-28-20-12-4)100-116(131-124)122-108(97-98-129-122)90-82-74-66-58-50-42-34-26-18-10-2/h97-106H,9-96H2,1-8H3. The third kappa shape index (κ3) is 49.7. The summed E-state index contributed by atoms with van der Waals surface area (Å²) in [5.41, 5.74) is 13.1. The van der Waals surface area contributed by atoms with Crippen LogP contribution in [0.3, 0.4) is 0 Å². The zero-order valence-corrected chi connectivity index (χ0v) is 96.8. The van der Waals surface area contributed by atoms with Gasteiger partial charge in [-0.15, -0.1) is 90.7 Å². The molecule has 8 aromatic rings. The summed E-state index contributed by atoms with van der Waals surface area (Å²) in [7, 11) is 0. The molecule has 0 unspecified atom stereocenters. The van der Waals surface area contributed by atoms with E-state index in [-0.39, 0.29) is 0 Å². The van der Waals surface area contributed by atoms with Gasteiger partial charge in [-0.1, -0.05) is 518 Å². The fourth-order valence-corrected chi connectivity index (χ4v) is 31.6. The normalized spacial score (nSPS) is 11.9. The zero-order valence-electron chi connectivity index (χ0n) is 90.3. The van der Waals surface area contributed by atoms with Crippen molar-refractivity contribution in [1.29, 1.82) is 0 Å². The van der Waals surface area contributed by atoms with Crippen LogP contribution in [0, 0.1) is 0 Å². The van der Waals surface area contributed by atoms with Gasteiger partial charge in [-0.25, -0.2) is 0 Å². The van der Waals surface area contributed by atoms with Gasteiger partial charge in [0.25, 0.3) is 0 Å². The molecule has 0 aliphatic heterocycles. The largest absolute Gasteiger partial charge is 0.143 e. The lowest BCUT2D eigenvalue weighted by molar-refractivity contribution is 0.556. The Morgan fingerprint density at radius 2 is 0.294 bits per heavy atom. The maximum Gasteiger partial charge on any atom is 0.0481 e. The van der Waals surface area contributed by atoms with Crippen molar-refractivity contribution in [2.75, 3.05) is 0 Å². The Bertz CT molecular complexity index is 4070. The van der Waals surface area contributed by atoms with Crippen molar-refractivity contribution in [3.05, 3.63) is 104 Å². The van der Waals surface area contributed by atoms with Crippen LogP contribution in [0.4, 0.5) is 0 Å². The first-order valence-corrected chi connectivity index (χ1v) is 66.9. The Morgan fingerprint density at radius 3 is 0.485 bits per heavy atom. The minimum atomic E-state index is 1.19. The maximum absolute atomic E-state index is 2.83. The highest BCUT2D eigenvalue weighted by molar-refractivity contribution is 7.32. The molecule has 8 rings (SSSR count). The summed E-state index contributed by atoms with van der Waals surface area (Å²) in [5.74, 6) is 0. The van der Waals surface area contributed by atoms with Crippen LogP contribution in [0.25, 0.3) is 68.3 Å². The molecule has 0 bridgehead atoms. The Labute approximate surface area is 875 Å². The molecule has 0 aliphatic carbocycles. The molecule has 8 heteroatoms. The number of hydrogen-bond acceptors (Lipinski definition) is 8. The third-order valence-corrected chi connectivity index (χ3v) is 40.5. The summed E-state index contributed by atoms with van der Waals surface area (Å²) in [5, 5.41) is 5.01. The molecule has 0 N–H and O–H groups in total. The first kappa shape index (κ1) is 119. The molecular formula is C128H210S8. The predicted molar refractivity (Wildman–Crippen MR) is 632 cm³/mol. The molecule has 136 heavy (non-hydrogen) atoms. The summed E-state index contributed by atoms with van der Waals surface area (Å²) in [6, 6.07) is 22.0. The molecule has 0 saturated heterocycles. The van der Waals surface area contributed by atoms with E-state index in [1.54, 1.807) is 113 Å². The van der Waals surface area contributed by atoms with E-state index in [9.17, 15) is 0 Å². The minimum absolute atomic E-state index is 1.19. The second kappa shape index (κ2) is 79.8. The van der Waals surface area contributed by atoms with Gasteiger partial charge in [0, 0.05) is 68.3 Å². The van der Waals surface area contributed by atoms with E-state index >= 15 is 0 Å². The molecule has 0 atom stereocenters. The zero-order chi connectivity index (χ0) is 95.7. The summed E-state index contributed by atoms with van der Waals surface area (Å²) < 4.78 is 0. The maximum atomic E-state index is 2.83. The highest BCUT2D eigenvalue weighted by atomic mass is 32.1. The summed E-state index contributed by atoms with van der Waals surface area (Å²) in [6.07, 6.45) is 121. The van der Waals surface area contributed by atoms with Gasteiger partial charge in [0.2, 0.25) is 0 Å². The third-order valence-electron chi connectivity index (χ3n) is 30.2. The Morgan fingerprint density at radius 1 is 0.140 bits per heavy atom. The van der Waals surface area contributed by atoms with E-state index in [1.165, 1.54) is 565 Å². The molecule has 0 nitrogen and oxygen atoms in total. The van der Waals surface area contributed by atoms with Crippen molar-refractivity contribution >= 4 is 90.7 Å². The molecule has 0 saturated carbocycles. The van der Waals surface area contributed by atoms with Crippen LogP contribution >= 0.6 is 90.7 Å². The fraction of sp³-hybridized carbons (Fsp3) is 0.750. The molecule has 0 radical (unpaired) electrons. The lowest BCUT2D eigenvalue weighted by atomic mass is 10.0. The molecule has 8 aromatic heterocycles. The second-order valence-electron chi connectivity index (χ2n) is 42.8. The number of thiophene rings is 8. The highest BCUT2D eigenvalue weighted by Crippen LogP contribution is 2.54. The van der Waals surface area contributed by atoms with Gasteiger partial charge in [-0.2, -0.15) is 0 Å². The average Bonchev–Trinajstić information content (AvgIpc) is 1.60. The van der Waals surface area contributed by atoms with E-state index in [0.717, 1.165) is 0 Å². The Balaban J connectivity index is 1.21. The second-order valence-corrected chi connectivity index (χ2v) is 51.0. The van der Waals surface area contributed by atoms with Gasteiger partial charge in [0.15, 0.2) is 0 Å². The predicted octanol–water partition coefficient (Wildman–Crippen LogP) is 49.6. The van der Waals surface area contributed by atoms with Crippen LogP contribution in [-0.4, -0.2) is 0 Å². The quantitative estimate of drug-likeness (QED) is 0.0333. The highest BCUT2D eigenvalue weighted by Gasteiger charge is 2.27. The van der Waals surface area contributed by atoms with E-state index in [4.69, 9.17) is 0 Å². The van der Waals surface area contributed by atoms with Crippen LogP contribution in [0.1, 0.15) is 614 Å². The van der Waals surface area contributed by atoms with Crippen LogP contribution in [0.5, 0.6) is 0 Å². The lowest BCUT2D eigenvalue weighted by Gasteiger charge is -2.04. The first-order valence-electron chi connectivity index (χ1n) is 60.3. The number of hydrogen-bond donors (Lipinski definition) is 0. The molecule has 0 amide bonds. The number of aryl methyl sites for hydroxylation is 8. The average molecular weight is 2010 g/mol. The van der Waals surface area contributed by atoms with Gasteiger partial charge < -0.3 is 0 Å². The van der Waals surface area contributed by atoms with E-state index < -0.39 is 0 Å². The number of unbranched alkanes of at least 4 members (excludes halogenated alkanes) is 72. The molecule has 0 fully saturated rings. The smallest absolute Gasteiger partial charge is 0.0481 e. The first-order chi connectivity index (χ1) is 67.3. The SMILES string of the molecule is CCCCCCCCCCCCc1csc(-c2sc(-c3sc(-c4sc(-c5sc(-c6sc(-c7sc(-c8sccc8CCCCCCCCCCCC)cc7CCCCCCCCCCCC)cc6CCCCCCCCCCCC)cc5CCCCCCCCCCCC)cc4CCCCCCCCCCCC)cc3CCCCCCCCCCCC)cc2CCCCCCCCCCCC)c1. The van der Waals surface area contributed by atoms with Crippen molar-refractivity contribution in [1.82, 2.24) is 0 Å². The molecule has 0 aliphatic rings. The van der Waals surface area contributed by atoms with Gasteiger partial charge in [-0.3, -0.25) is 0 Å². The van der Waals surface area contributed by atoms with Crippen LogP contribution in [0.2, 0.25) is 0 Å². The molecule has 0 spiro atoms. The van der Waals surface area contributed by atoms with Crippen LogP contribution < -0.4 is 0 Å². The van der Waals surface area contributed by atoms with Gasteiger partial charge in [-0.05, 0) is 207 Å². The molecule has 0 aromatic carbocycles. The van der Waals surface area contributed by atoms with Gasteiger partial charge in [0.05, 0.1) is 0 Å². The van der Waals surface area contributed by atoms with Crippen molar-refractivity contribution in [3.8, 4) is 68.3 Å².